The van der Waals surface area contributed by atoms with Gasteiger partial charge in [-0.15, -0.1) is 0 Å². The summed E-state index contributed by atoms with van der Waals surface area (Å²) in [6.45, 7) is 2.31. The Kier molecular flexibility index (Phi) is 4.45. The maximum Gasteiger partial charge on any atom is 0.387 e. The summed E-state index contributed by atoms with van der Waals surface area (Å²) in [7, 11) is 0. The molecule has 1 saturated heterocycles. The highest BCUT2D eigenvalue weighted by Crippen LogP contribution is 2.53. The monoisotopic (exact) mass is 379 g/mol. The highest BCUT2D eigenvalue weighted by atomic mass is 19.3. The van der Waals surface area contributed by atoms with Crippen molar-refractivity contribution in [3.8, 4) is 5.75 Å². The van der Waals surface area contributed by atoms with Crippen molar-refractivity contribution in [2.45, 2.75) is 64.1 Å². The number of aryl methyl sites for hydroxylation is 1. The van der Waals surface area contributed by atoms with Gasteiger partial charge in [-0.3, -0.25) is 4.79 Å². The molecule has 1 aromatic carbocycles. The number of carbonyl (C=O) groups excluding carboxylic acids is 1. The second-order valence-electron chi connectivity index (χ2n) is 9.14. The van der Waals surface area contributed by atoms with E-state index in [4.69, 9.17) is 0 Å². The van der Waals surface area contributed by atoms with E-state index in [1.54, 1.807) is 19.9 Å². The molecule has 0 bridgehead atoms. The van der Waals surface area contributed by atoms with Crippen LogP contribution in [-0.2, 0) is 4.79 Å². The van der Waals surface area contributed by atoms with Crippen molar-refractivity contribution >= 4 is 5.91 Å². The van der Waals surface area contributed by atoms with Gasteiger partial charge >= 0.3 is 6.61 Å². The number of benzene rings is 1. The van der Waals surface area contributed by atoms with Gasteiger partial charge in [-0.2, -0.15) is 8.78 Å². The first kappa shape index (κ1) is 18.7. The number of likely N-dealkylation sites (tertiary alicyclic amines) is 1. The van der Waals surface area contributed by atoms with Crippen LogP contribution in [-0.4, -0.2) is 41.2 Å². The van der Waals surface area contributed by atoms with Gasteiger partial charge in [-0.25, -0.2) is 0 Å². The van der Waals surface area contributed by atoms with Crippen molar-refractivity contribution in [2.24, 2.45) is 11.3 Å². The molecular weight excluding hydrogens is 352 g/mol. The van der Waals surface area contributed by atoms with Crippen molar-refractivity contribution in [1.29, 1.82) is 0 Å². The minimum Gasteiger partial charge on any atom is -0.435 e. The maximum atomic E-state index is 12.6. The summed E-state index contributed by atoms with van der Waals surface area (Å²) in [6, 6.07) is 5.61. The standard InChI is InChI=1S/C21H27F2NO3/c1-13-3-4-14(7-17(13)27-19(22)23)15-5-6-21(10-15)11-24(12-21)18(25)16-8-20(2,26)9-16/h3-4,7,15-16,19,26H,5-6,8-12H2,1-2H3. The van der Waals surface area contributed by atoms with Crippen LogP contribution in [0.4, 0.5) is 8.78 Å². The largest absolute Gasteiger partial charge is 0.435 e. The number of carbonyl (C=O) groups is 1. The molecular formula is C21H27F2NO3. The number of amides is 1. The molecule has 1 aliphatic heterocycles. The van der Waals surface area contributed by atoms with Gasteiger partial charge in [0.25, 0.3) is 0 Å². The average Bonchev–Trinajstić information content (AvgIpc) is 2.98. The summed E-state index contributed by atoms with van der Waals surface area (Å²) >= 11 is 0. The van der Waals surface area contributed by atoms with Crippen LogP contribution in [0.1, 0.15) is 56.1 Å². The van der Waals surface area contributed by atoms with Gasteiger partial charge < -0.3 is 14.7 Å². The number of halogens is 2. The SMILES string of the molecule is Cc1ccc(C2CCC3(C2)CN(C(=O)C2CC(C)(O)C2)C3)cc1OC(F)F. The Morgan fingerprint density at radius 3 is 2.63 bits per heavy atom. The fourth-order valence-electron chi connectivity index (χ4n) is 5.23. The first-order valence-corrected chi connectivity index (χ1v) is 9.73. The van der Waals surface area contributed by atoms with Crippen molar-refractivity contribution in [3.05, 3.63) is 29.3 Å². The van der Waals surface area contributed by atoms with Crippen LogP contribution in [0.2, 0.25) is 0 Å². The lowest BCUT2D eigenvalue weighted by Crippen LogP contribution is -2.61. The molecule has 1 spiro atoms. The van der Waals surface area contributed by atoms with Crippen LogP contribution in [0.15, 0.2) is 18.2 Å². The lowest BCUT2D eigenvalue weighted by Gasteiger charge is -2.52. The van der Waals surface area contributed by atoms with E-state index in [0.29, 0.717) is 24.3 Å². The molecule has 1 unspecified atom stereocenters. The molecule has 0 radical (unpaired) electrons. The minimum atomic E-state index is -2.81. The van der Waals surface area contributed by atoms with E-state index >= 15 is 0 Å². The average molecular weight is 379 g/mol. The fourth-order valence-corrected chi connectivity index (χ4v) is 5.23. The smallest absolute Gasteiger partial charge is 0.387 e. The Balaban J connectivity index is 1.35. The van der Waals surface area contributed by atoms with Crippen molar-refractivity contribution in [3.63, 3.8) is 0 Å². The minimum absolute atomic E-state index is 0.0271. The van der Waals surface area contributed by atoms with Gasteiger partial charge in [-0.1, -0.05) is 12.1 Å². The molecule has 1 heterocycles. The Morgan fingerprint density at radius 1 is 1.30 bits per heavy atom. The van der Waals surface area contributed by atoms with Crippen LogP contribution < -0.4 is 4.74 Å². The van der Waals surface area contributed by atoms with Gasteiger partial charge in [0.1, 0.15) is 5.75 Å². The molecule has 1 aromatic rings. The van der Waals surface area contributed by atoms with E-state index in [1.807, 2.05) is 17.0 Å². The molecule has 2 saturated carbocycles. The highest BCUT2D eigenvalue weighted by molar-refractivity contribution is 5.81. The van der Waals surface area contributed by atoms with E-state index in [0.717, 1.165) is 37.9 Å². The fraction of sp³-hybridized carbons (Fsp3) is 0.667. The molecule has 2 aliphatic carbocycles. The van der Waals surface area contributed by atoms with Crippen molar-refractivity contribution < 1.29 is 23.4 Å². The topological polar surface area (TPSA) is 49.8 Å². The molecule has 1 atom stereocenters. The molecule has 4 rings (SSSR count). The summed E-state index contributed by atoms with van der Waals surface area (Å²) in [6.07, 6.45) is 4.18. The molecule has 1 amide bonds. The summed E-state index contributed by atoms with van der Waals surface area (Å²) < 4.78 is 29.8. The second-order valence-corrected chi connectivity index (χ2v) is 9.14. The van der Waals surface area contributed by atoms with E-state index in [9.17, 15) is 18.7 Å². The third kappa shape index (κ3) is 3.56. The zero-order valence-corrected chi connectivity index (χ0v) is 15.9. The zero-order valence-electron chi connectivity index (χ0n) is 15.9. The molecule has 148 valence electrons. The third-order valence-electron chi connectivity index (χ3n) is 6.69. The number of aliphatic hydroxyl groups is 1. The number of nitrogens with zero attached hydrogens (tertiary/aromatic N) is 1. The summed E-state index contributed by atoms with van der Waals surface area (Å²) in [5.41, 5.74) is 1.25. The van der Waals surface area contributed by atoms with Gasteiger partial charge in [0.15, 0.2) is 0 Å². The number of hydrogen-bond acceptors (Lipinski definition) is 3. The Morgan fingerprint density at radius 2 is 2.00 bits per heavy atom. The number of rotatable bonds is 4. The summed E-state index contributed by atoms with van der Waals surface area (Å²) in [5, 5.41) is 9.84. The number of ether oxygens (including phenoxy) is 1. The number of alkyl halides is 2. The number of hydrogen-bond donors (Lipinski definition) is 1. The maximum absolute atomic E-state index is 12.6. The summed E-state index contributed by atoms with van der Waals surface area (Å²) in [5.74, 6) is 0.734. The van der Waals surface area contributed by atoms with E-state index in [1.165, 1.54) is 0 Å². The predicted octanol–water partition coefficient (Wildman–Crippen LogP) is 3.85. The lowest BCUT2D eigenvalue weighted by molar-refractivity contribution is -0.161. The third-order valence-corrected chi connectivity index (χ3v) is 6.69. The van der Waals surface area contributed by atoms with Gasteiger partial charge in [-0.05, 0) is 69.1 Å². The van der Waals surface area contributed by atoms with Gasteiger partial charge in [0, 0.05) is 24.4 Å². The van der Waals surface area contributed by atoms with Crippen LogP contribution in [0, 0.1) is 18.3 Å². The van der Waals surface area contributed by atoms with E-state index in [2.05, 4.69) is 4.74 Å². The van der Waals surface area contributed by atoms with Crippen LogP contribution in [0.3, 0.4) is 0 Å². The Bertz CT molecular complexity index is 735. The van der Waals surface area contributed by atoms with Crippen molar-refractivity contribution in [1.82, 2.24) is 4.90 Å². The van der Waals surface area contributed by atoms with Crippen molar-refractivity contribution in [2.75, 3.05) is 13.1 Å². The quantitative estimate of drug-likeness (QED) is 0.864. The highest BCUT2D eigenvalue weighted by Gasteiger charge is 2.53. The first-order valence-electron chi connectivity index (χ1n) is 9.73. The van der Waals surface area contributed by atoms with E-state index in [-0.39, 0.29) is 23.0 Å². The Labute approximate surface area is 158 Å². The normalized spacial score (nSPS) is 31.7. The molecule has 27 heavy (non-hydrogen) atoms. The van der Waals surface area contributed by atoms with Crippen LogP contribution in [0.25, 0.3) is 0 Å². The Hall–Kier alpha value is -1.69. The molecule has 3 fully saturated rings. The molecule has 1 N–H and O–H groups in total. The van der Waals surface area contributed by atoms with Gasteiger partial charge in [0.05, 0.1) is 5.60 Å². The molecule has 0 aromatic heterocycles. The summed E-state index contributed by atoms with van der Waals surface area (Å²) in [4.78, 5) is 14.4. The van der Waals surface area contributed by atoms with Crippen LogP contribution in [0.5, 0.6) is 5.75 Å². The predicted molar refractivity (Wildman–Crippen MR) is 96.8 cm³/mol. The van der Waals surface area contributed by atoms with E-state index < -0.39 is 12.2 Å². The van der Waals surface area contributed by atoms with Gasteiger partial charge in [0.2, 0.25) is 5.91 Å². The second kappa shape index (κ2) is 6.43. The molecule has 6 heteroatoms. The van der Waals surface area contributed by atoms with Crippen LogP contribution >= 0.6 is 0 Å². The lowest BCUT2D eigenvalue weighted by atomic mass is 9.69. The first-order chi connectivity index (χ1) is 12.7. The molecule has 3 aliphatic rings. The zero-order chi connectivity index (χ0) is 19.4. The molecule has 4 nitrogen and oxygen atoms in total.